The Morgan fingerprint density at radius 3 is 2.59 bits per heavy atom. The number of hydrogen-bond acceptors (Lipinski definition) is 6. The van der Waals surface area contributed by atoms with Crippen molar-refractivity contribution < 1.29 is 10.0 Å². The summed E-state index contributed by atoms with van der Waals surface area (Å²) in [6, 6.07) is 6.97. The minimum absolute atomic E-state index is 0.161. The first-order chi connectivity index (χ1) is 10.7. The molecule has 0 atom stereocenters. The summed E-state index contributed by atoms with van der Waals surface area (Å²) in [6.45, 7) is 0. The number of hydroxylamine groups is 1. The molecule has 1 heterocycles. The van der Waals surface area contributed by atoms with E-state index >= 15 is 0 Å². The number of aromatic amines is 1. The molecule has 1 aliphatic rings. The molecule has 116 valence electrons. The highest BCUT2D eigenvalue weighted by molar-refractivity contribution is 6.03. The van der Waals surface area contributed by atoms with Gasteiger partial charge in [-0.1, -0.05) is 24.4 Å². The summed E-state index contributed by atoms with van der Waals surface area (Å²) in [5, 5.41) is 27.0. The Balaban J connectivity index is 1.65. The molecular formula is C14H18N6O2. The van der Waals surface area contributed by atoms with Crippen molar-refractivity contribution in [2.75, 3.05) is 10.4 Å². The maximum Gasteiger partial charge on any atom is 0.258 e. The third-order valence-electron chi connectivity index (χ3n) is 3.89. The normalized spacial score (nSPS) is 15.5. The number of aromatic nitrogens is 4. The van der Waals surface area contributed by atoms with Crippen LogP contribution >= 0.6 is 0 Å². The SMILES string of the molecule is O=C(Nc1nnn[nH]1)c1ccc(N(O)C2CCCCC2)cc1. The number of nitrogens with zero attached hydrogens (tertiary/aromatic N) is 4. The second kappa shape index (κ2) is 6.52. The highest BCUT2D eigenvalue weighted by atomic mass is 16.5. The monoisotopic (exact) mass is 302 g/mol. The van der Waals surface area contributed by atoms with Crippen molar-refractivity contribution in [3.8, 4) is 0 Å². The fraction of sp³-hybridized carbons (Fsp3) is 0.429. The smallest absolute Gasteiger partial charge is 0.258 e. The molecule has 1 aromatic carbocycles. The molecule has 8 heteroatoms. The van der Waals surface area contributed by atoms with Gasteiger partial charge in [-0.25, -0.2) is 5.10 Å². The summed E-state index contributed by atoms with van der Waals surface area (Å²) < 4.78 is 0. The summed E-state index contributed by atoms with van der Waals surface area (Å²) in [5.41, 5.74) is 1.17. The Morgan fingerprint density at radius 1 is 1.23 bits per heavy atom. The molecule has 8 nitrogen and oxygen atoms in total. The average molecular weight is 302 g/mol. The van der Waals surface area contributed by atoms with Gasteiger partial charge in [-0.05, 0) is 47.5 Å². The quantitative estimate of drug-likeness (QED) is 0.745. The molecule has 0 aliphatic heterocycles. The van der Waals surface area contributed by atoms with Gasteiger partial charge in [0.25, 0.3) is 5.91 Å². The third kappa shape index (κ3) is 3.22. The topological polar surface area (TPSA) is 107 Å². The molecule has 0 bridgehead atoms. The van der Waals surface area contributed by atoms with Gasteiger partial charge >= 0.3 is 0 Å². The second-order valence-electron chi connectivity index (χ2n) is 5.39. The van der Waals surface area contributed by atoms with Crippen LogP contribution in [0.4, 0.5) is 11.6 Å². The highest BCUT2D eigenvalue weighted by Crippen LogP contribution is 2.26. The number of carbonyl (C=O) groups is 1. The van der Waals surface area contributed by atoms with Crippen LogP contribution in [0.1, 0.15) is 42.5 Å². The Bertz CT molecular complexity index is 607. The zero-order valence-electron chi connectivity index (χ0n) is 12.1. The fourth-order valence-electron chi connectivity index (χ4n) is 2.69. The van der Waals surface area contributed by atoms with Crippen LogP contribution in [0.3, 0.4) is 0 Å². The maximum atomic E-state index is 12.0. The molecule has 22 heavy (non-hydrogen) atoms. The number of rotatable bonds is 4. The summed E-state index contributed by atoms with van der Waals surface area (Å²) in [6.07, 6.45) is 5.52. The first-order valence-electron chi connectivity index (χ1n) is 7.37. The summed E-state index contributed by atoms with van der Waals surface area (Å²) in [4.78, 5) is 12.0. The lowest BCUT2D eigenvalue weighted by molar-refractivity contribution is 0.102. The van der Waals surface area contributed by atoms with Crippen LogP contribution in [0.5, 0.6) is 0 Å². The molecule has 0 radical (unpaired) electrons. The lowest BCUT2D eigenvalue weighted by Crippen LogP contribution is -2.33. The van der Waals surface area contributed by atoms with E-state index in [2.05, 4.69) is 25.9 Å². The number of amides is 1. The van der Waals surface area contributed by atoms with Crippen LogP contribution in [-0.2, 0) is 0 Å². The van der Waals surface area contributed by atoms with Gasteiger partial charge in [0.05, 0.1) is 11.7 Å². The lowest BCUT2D eigenvalue weighted by atomic mass is 9.95. The van der Waals surface area contributed by atoms with Crippen molar-refractivity contribution in [1.29, 1.82) is 0 Å². The van der Waals surface area contributed by atoms with Crippen molar-refractivity contribution in [1.82, 2.24) is 20.6 Å². The molecule has 3 N–H and O–H groups in total. The Kier molecular flexibility index (Phi) is 4.29. The first-order valence-corrected chi connectivity index (χ1v) is 7.37. The summed E-state index contributed by atoms with van der Waals surface area (Å²) >= 11 is 0. The van der Waals surface area contributed by atoms with Crippen molar-refractivity contribution >= 4 is 17.5 Å². The molecule has 0 unspecified atom stereocenters. The predicted molar refractivity (Wildman–Crippen MR) is 79.7 cm³/mol. The number of tetrazole rings is 1. The molecular weight excluding hydrogens is 284 g/mol. The van der Waals surface area contributed by atoms with Gasteiger partial charge in [0.2, 0.25) is 5.95 Å². The Hall–Kier alpha value is -2.48. The first kappa shape index (κ1) is 14.5. The minimum Gasteiger partial charge on any atom is -0.289 e. The molecule has 2 aromatic rings. The van der Waals surface area contributed by atoms with Crippen molar-refractivity contribution in [3.63, 3.8) is 0 Å². The van der Waals surface area contributed by atoms with E-state index in [1.807, 2.05) is 0 Å². The number of benzene rings is 1. The number of anilines is 2. The molecule has 1 saturated carbocycles. The standard InChI is InChI=1S/C14H18N6O2/c21-13(15-14-16-18-19-17-14)10-6-8-12(9-7-10)20(22)11-4-2-1-3-5-11/h6-9,11,22H,1-5H2,(H2,15,16,17,18,19,21). The number of H-pyrrole nitrogens is 1. The molecule has 1 aliphatic carbocycles. The van der Waals surface area contributed by atoms with Crippen molar-refractivity contribution in [2.45, 2.75) is 38.1 Å². The molecule has 1 fully saturated rings. The lowest BCUT2D eigenvalue weighted by Gasteiger charge is -2.30. The highest BCUT2D eigenvalue weighted by Gasteiger charge is 2.20. The fourth-order valence-corrected chi connectivity index (χ4v) is 2.69. The summed E-state index contributed by atoms with van der Waals surface area (Å²) in [7, 11) is 0. The van der Waals surface area contributed by atoms with Crippen LogP contribution in [0, 0.1) is 0 Å². The summed E-state index contributed by atoms with van der Waals surface area (Å²) in [5.74, 6) is -0.118. The van der Waals surface area contributed by atoms with E-state index in [4.69, 9.17) is 0 Å². The van der Waals surface area contributed by atoms with Gasteiger partial charge in [0, 0.05) is 5.56 Å². The number of nitrogens with one attached hydrogen (secondary N) is 2. The number of hydrogen-bond donors (Lipinski definition) is 3. The zero-order valence-corrected chi connectivity index (χ0v) is 12.1. The van der Waals surface area contributed by atoms with E-state index in [0.717, 1.165) is 25.7 Å². The molecule has 0 spiro atoms. The van der Waals surface area contributed by atoms with Gasteiger partial charge in [-0.15, -0.1) is 0 Å². The molecule has 0 saturated heterocycles. The van der Waals surface area contributed by atoms with Gasteiger partial charge in [-0.2, -0.15) is 0 Å². The minimum atomic E-state index is -0.313. The second-order valence-corrected chi connectivity index (χ2v) is 5.39. The third-order valence-corrected chi connectivity index (χ3v) is 3.89. The number of carbonyl (C=O) groups excluding carboxylic acids is 1. The van der Waals surface area contributed by atoms with Crippen molar-refractivity contribution in [3.05, 3.63) is 29.8 Å². The average Bonchev–Trinajstić information content (AvgIpc) is 3.08. The van der Waals surface area contributed by atoms with Crippen LogP contribution in [0.15, 0.2) is 24.3 Å². The zero-order chi connectivity index (χ0) is 15.4. The van der Waals surface area contributed by atoms with Crippen LogP contribution in [-0.4, -0.2) is 37.8 Å². The van der Waals surface area contributed by atoms with Gasteiger partial charge < -0.3 is 0 Å². The van der Waals surface area contributed by atoms with E-state index in [1.54, 1.807) is 24.3 Å². The van der Waals surface area contributed by atoms with Crippen LogP contribution < -0.4 is 10.4 Å². The van der Waals surface area contributed by atoms with E-state index in [-0.39, 0.29) is 17.9 Å². The van der Waals surface area contributed by atoms with Gasteiger partial charge in [-0.3, -0.25) is 20.4 Å². The van der Waals surface area contributed by atoms with E-state index in [1.165, 1.54) is 11.5 Å². The predicted octanol–water partition coefficient (Wildman–Crippen LogP) is 1.98. The van der Waals surface area contributed by atoms with E-state index < -0.39 is 0 Å². The largest absolute Gasteiger partial charge is 0.289 e. The van der Waals surface area contributed by atoms with Gasteiger partial charge in [0.15, 0.2) is 0 Å². The maximum absolute atomic E-state index is 12.0. The Morgan fingerprint density at radius 2 is 1.95 bits per heavy atom. The van der Waals surface area contributed by atoms with Crippen molar-refractivity contribution in [2.24, 2.45) is 0 Å². The Labute approximate surface area is 127 Å². The molecule has 1 aromatic heterocycles. The van der Waals surface area contributed by atoms with Gasteiger partial charge in [0.1, 0.15) is 0 Å². The molecule has 1 amide bonds. The molecule has 3 rings (SSSR count). The van der Waals surface area contributed by atoms with Crippen LogP contribution in [0.2, 0.25) is 0 Å². The van der Waals surface area contributed by atoms with E-state index in [0.29, 0.717) is 11.3 Å². The van der Waals surface area contributed by atoms with Crippen LogP contribution in [0.25, 0.3) is 0 Å². The van der Waals surface area contributed by atoms with E-state index in [9.17, 15) is 10.0 Å².